The van der Waals surface area contributed by atoms with Crippen LogP contribution in [-0.4, -0.2) is 12.5 Å². The number of thiophene rings is 1. The van der Waals surface area contributed by atoms with E-state index < -0.39 is 0 Å². The van der Waals surface area contributed by atoms with Gasteiger partial charge in [-0.2, -0.15) is 0 Å². The Morgan fingerprint density at radius 2 is 1.93 bits per heavy atom. The Balaban J connectivity index is 1.43. The zero-order valence-corrected chi connectivity index (χ0v) is 18.1. The van der Waals surface area contributed by atoms with Crippen LogP contribution in [0.25, 0.3) is 0 Å². The highest BCUT2D eigenvalue weighted by Gasteiger charge is 2.24. The van der Waals surface area contributed by atoms with Crippen molar-refractivity contribution in [3.8, 4) is 5.75 Å². The Labute approximate surface area is 176 Å². The molecule has 150 valence electrons. The minimum Gasteiger partial charge on any atom is -0.489 e. The molecule has 0 spiro atoms. The van der Waals surface area contributed by atoms with Gasteiger partial charge in [-0.1, -0.05) is 43.7 Å². The topological polar surface area (TPSA) is 29.5 Å². The molecule has 0 radical (unpaired) electrons. The van der Waals surface area contributed by atoms with Gasteiger partial charge in [0.15, 0.2) is 0 Å². The lowest BCUT2D eigenvalue weighted by Crippen LogP contribution is -2.35. The van der Waals surface area contributed by atoms with E-state index in [4.69, 9.17) is 4.74 Å². The molecule has 3 nitrogen and oxygen atoms in total. The van der Waals surface area contributed by atoms with Crippen LogP contribution in [0.15, 0.2) is 53.9 Å². The highest BCUT2D eigenvalue weighted by Crippen LogP contribution is 2.30. The number of fused-ring (bicyclic) bond motifs is 1. The molecule has 4 rings (SSSR count). The van der Waals surface area contributed by atoms with Crippen LogP contribution >= 0.6 is 11.3 Å². The van der Waals surface area contributed by atoms with Gasteiger partial charge in [0.25, 0.3) is 5.91 Å². The first-order chi connectivity index (χ1) is 14.0. The molecule has 0 fully saturated rings. The van der Waals surface area contributed by atoms with Crippen molar-refractivity contribution in [2.45, 2.75) is 46.1 Å². The first-order valence-electron chi connectivity index (χ1n) is 10.2. The Morgan fingerprint density at radius 3 is 2.69 bits per heavy atom. The summed E-state index contributed by atoms with van der Waals surface area (Å²) in [6.07, 6.45) is 2.05. The normalized spacial score (nSPS) is 13.4. The molecule has 0 N–H and O–H groups in total. The summed E-state index contributed by atoms with van der Waals surface area (Å²) in [6, 6.07) is 16.6. The van der Waals surface area contributed by atoms with E-state index in [-0.39, 0.29) is 5.91 Å². The number of carbonyl (C=O) groups is 1. The molecule has 1 amide bonds. The fraction of sp³-hybridized carbons (Fsp3) is 0.320. The summed E-state index contributed by atoms with van der Waals surface area (Å²) >= 11 is 1.50. The lowest BCUT2D eigenvalue weighted by Gasteiger charge is -2.29. The minimum absolute atomic E-state index is 0.0901. The van der Waals surface area contributed by atoms with Crippen molar-refractivity contribution in [2.75, 3.05) is 11.4 Å². The van der Waals surface area contributed by atoms with Crippen molar-refractivity contribution in [1.82, 2.24) is 0 Å². The van der Waals surface area contributed by atoms with E-state index in [1.54, 1.807) is 0 Å². The van der Waals surface area contributed by atoms with Crippen LogP contribution in [0.1, 0.15) is 58.1 Å². The van der Waals surface area contributed by atoms with Crippen LogP contribution in [0.5, 0.6) is 5.75 Å². The van der Waals surface area contributed by atoms with E-state index in [9.17, 15) is 4.79 Å². The Bertz CT molecular complexity index is 1000. The number of benzene rings is 2. The van der Waals surface area contributed by atoms with Crippen molar-refractivity contribution in [3.05, 3.63) is 81.0 Å². The van der Waals surface area contributed by atoms with Crippen LogP contribution in [-0.2, 0) is 13.0 Å². The molecule has 0 bridgehead atoms. The predicted molar refractivity (Wildman–Crippen MR) is 120 cm³/mol. The van der Waals surface area contributed by atoms with Crippen molar-refractivity contribution in [1.29, 1.82) is 0 Å². The maximum absolute atomic E-state index is 13.1. The maximum atomic E-state index is 13.1. The van der Waals surface area contributed by atoms with Crippen LogP contribution in [0.2, 0.25) is 0 Å². The second-order valence-corrected chi connectivity index (χ2v) is 8.94. The number of carbonyl (C=O) groups excluding carboxylic acids is 1. The highest BCUT2D eigenvalue weighted by molar-refractivity contribution is 7.12. The maximum Gasteiger partial charge on any atom is 0.268 e. The predicted octanol–water partition coefficient (Wildman–Crippen LogP) is 6.35. The van der Waals surface area contributed by atoms with E-state index in [2.05, 4.69) is 51.1 Å². The van der Waals surface area contributed by atoms with Gasteiger partial charge >= 0.3 is 0 Å². The van der Waals surface area contributed by atoms with Gasteiger partial charge in [-0.05, 0) is 66.5 Å². The van der Waals surface area contributed by atoms with Gasteiger partial charge in [0.2, 0.25) is 0 Å². The average Bonchev–Trinajstić information content (AvgIpc) is 3.20. The lowest BCUT2D eigenvalue weighted by molar-refractivity contribution is 0.0989. The second kappa shape index (κ2) is 8.42. The molecule has 0 atom stereocenters. The molecular formula is C25H27NO2S. The molecule has 0 saturated heterocycles. The van der Waals surface area contributed by atoms with Gasteiger partial charge in [-0.25, -0.2) is 0 Å². The largest absolute Gasteiger partial charge is 0.489 e. The fourth-order valence-corrected chi connectivity index (χ4v) is 4.59. The van der Waals surface area contributed by atoms with E-state index in [0.717, 1.165) is 41.3 Å². The van der Waals surface area contributed by atoms with Crippen LogP contribution < -0.4 is 9.64 Å². The number of nitrogens with zero attached hydrogens (tertiary/aromatic N) is 1. The monoisotopic (exact) mass is 405 g/mol. The number of aryl methyl sites for hydroxylation is 2. The van der Waals surface area contributed by atoms with Gasteiger partial charge in [0.05, 0.1) is 4.88 Å². The molecule has 0 aliphatic carbocycles. The smallest absolute Gasteiger partial charge is 0.268 e. The summed E-state index contributed by atoms with van der Waals surface area (Å²) < 4.78 is 5.92. The zero-order valence-electron chi connectivity index (χ0n) is 17.3. The number of anilines is 1. The standard InChI is InChI=1S/C25H27NO2S/c1-17(2)20-7-9-22(10-8-20)28-15-19-14-24(29-16-19)25(27)26-12-4-5-21-13-18(3)6-11-23(21)26/h6-11,13-14,16-17H,4-5,12,15H2,1-3H3. The molecule has 2 heterocycles. The molecule has 1 aliphatic heterocycles. The van der Waals surface area contributed by atoms with Crippen molar-refractivity contribution >= 4 is 22.9 Å². The van der Waals surface area contributed by atoms with E-state index in [1.165, 1.54) is 28.0 Å². The Morgan fingerprint density at radius 1 is 1.14 bits per heavy atom. The average molecular weight is 406 g/mol. The van der Waals surface area contributed by atoms with E-state index in [1.807, 2.05) is 28.5 Å². The van der Waals surface area contributed by atoms with Gasteiger partial charge in [-0.3, -0.25) is 4.79 Å². The van der Waals surface area contributed by atoms with Crippen LogP contribution in [0.3, 0.4) is 0 Å². The van der Waals surface area contributed by atoms with Gasteiger partial charge < -0.3 is 9.64 Å². The number of hydrogen-bond acceptors (Lipinski definition) is 3. The summed E-state index contributed by atoms with van der Waals surface area (Å²) in [5.41, 5.74) is 5.91. The summed E-state index contributed by atoms with van der Waals surface area (Å²) in [5.74, 6) is 1.46. The fourth-order valence-electron chi connectivity index (χ4n) is 3.75. The first-order valence-corrected chi connectivity index (χ1v) is 11.1. The van der Waals surface area contributed by atoms with Crippen LogP contribution in [0.4, 0.5) is 5.69 Å². The summed E-state index contributed by atoms with van der Waals surface area (Å²) in [7, 11) is 0. The SMILES string of the molecule is Cc1ccc2c(c1)CCCN2C(=O)c1cc(COc2ccc(C(C)C)cc2)cs1. The van der Waals surface area contributed by atoms with E-state index in [0.29, 0.717) is 12.5 Å². The van der Waals surface area contributed by atoms with Gasteiger partial charge in [-0.15, -0.1) is 11.3 Å². The quantitative estimate of drug-likeness (QED) is 0.495. The third-order valence-electron chi connectivity index (χ3n) is 5.42. The summed E-state index contributed by atoms with van der Waals surface area (Å²) in [5, 5.41) is 2.02. The molecule has 1 aromatic heterocycles. The molecule has 29 heavy (non-hydrogen) atoms. The molecule has 1 aliphatic rings. The molecular weight excluding hydrogens is 378 g/mol. The number of rotatable bonds is 5. The minimum atomic E-state index is 0.0901. The zero-order chi connectivity index (χ0) is 20.4. The van der Waals surface area contributed by atoms with Gasteiger partial charge in [0.1, 0.15) is 12.4 Å². The Kier molecular flexibility index (Phi) is 5.72. The summed E-state index contributed by atoms with van der Waals surface area (Å²) in [4.78, 5) is 15.8. The third-order valence-corrected chi connectivity index (χ3v) is 6.38. The van der Waals surface area contributed by atoms with Crippen LogP contribution in [0, 0.1) is 6.92 Å². The summed E-state index contributed by atoms with van der Waals surface area (Å²) in [6.45, 7) is 7.72. The van der Waals surface area contributed by atoms with Crippen molar-refractivity contribution < 1.29 is 9.53 Å². The second-order valence-electron chi connectivity index (χ2n) is 8.02. The number of hydrogen-bond donors (Lipinski definition) is 0. The number of ether oxygens (including phenoxy) is 1. The van der Waals surface area contributed by atoms with Crippen molar-refractivity contribution in [2.24, 2.45) is 0 Å². The first kappa shape index (κ1) is 19.7. The molecule has 4 heteroatoms. The lowest BCUT2D eigenvalue weighted by atomic mass is 9.99. The molecule has 0 saturated carbocycles. The number of amides is 1. The van der Waals surface area contributed by atoms with E-state index >= 15 is 0 Å². The molecule has 3 aromatic rings. The Hall–Kier alpha value is -2.59. The highest BCUT2D eigenvalue weighted by atomic mass is 32.1. The van der Waals surface area contributed by atoms with Gasteiger partial charge in [0, 0.05) is 17.8 Å². The molecule has 2 aromatic carbocycles. The third kappa shape index (κ3) is 4.38. The van der Waals surface area contributed by atoms with Crippen molar-refractivity contribution in [3.63, 3.8) is 0 Å². The molecule has 0 unspecified atom stereocenters.